The van der Waals surface area contributed by atoms with E-state index in [1.165, 1.54) is 64.8 Å². The molecule has 44 heavy (non-hydrogen) atoms. The second-order valence-corrected chi connectivity index (χ2v) is 12.1. The minimum absolute atomic E-state index is 0.559. The Labute approximate surface area is 256 Å². The van der Waals surface area contributed by atoms with E-state index in [0.717, 1.165) is 33.6 Å². The molecule has 3 heterocycles. The number of para-hydroxylation sites is 4. The lowest BCUT2D eigenvalue weighted by Gasteiger charge is -2.24. The standard InChI is InChI=1S/C40H32N4/c1-2-14-27(15-3-1)28-16-4-5-17-29(28)34-26-39(43-35-22-10-6-18-30(35)31-19-7-11-23-36(31)43)42-40(41-34)44-37-24-12-8-20-32(37)33-21-9-13-25-38(33)44/h4-13,16-27H,1-3,14-15H2. The Bertz CT molecular complexity index is 2100. The number of aromatic nitrogens is 4. The van der Waals surface area contributed by atoms with Gasteiger partial charge in [0.05, 0.1) is 27.8 Å². The fraction of sp³-hybridized carbons (Fsp3) is 0.150. The first-order chi connectivity index (χ1) is 21.8. The van der Waals surface area contributed by atoms with Gasteiger partial charge in [-0.15, -0.1) is 0 Å². The molecule has 1 aliphatic carbocycles. The van der Waals surface area contributed by atoms with E-state index in [1.807, 2.05) is 0 Å². The molecule has 1 saturated carbocycles. The highest BCUT2D eigenvalue weighted by molar-refractivity contribution is 6.10. The third-order valence-electron chi connectivity index (χ3n) is 9.57. The van der Waals surface area contributed by atoms with Gasteiger partial charge in [0, 0.05) is 33.2 Å². The van der Waals surface area contributed by atoms with Gasteiger partial charge in [0.15, 0.2) is 0 Å². The summed E-state index contributed by atoms with van der Waals surface area (Å²) in [7, 11) is 0. The third kappa shape index (κ3) is 3.91. The summed E-state index contributed by atoms with van der Waals surface area (Å²) in [6.45, 7) is 0. The van der Waals surface area contributed by atoms with Gasteiger partial charge in [-0.05, 0) is 48.6 Å². The van der Waals surface area contributed by atoms with Crippen molar-refractivity contribution in [3.63, 3.8) is 0 Å². The summed E-state index contributed by atoms with van der Waals surface area (Å²) in [5, 5.41) is 4.87. The SMILES string of the molecule is c1ccc(C2CCCCC2)c(-c2cc(-n3c4ccccc4c4ccccc43)nc(-n3c4ccccc4c4ccccc43)n2)c1. The van der Waals surface area contributed by atoms with Gasteiger partial charge >= 0.3 is 0 Å². The van der Waals surface area contributed by atoms with Crippen LogP contribution in [-0.2, 0) is 0 Å². The Morgan fingerprint density at radius 1 is 0.477 bits per heavy atom. The summed E-state index contributed by atoms with van der Waals surface area (Å²) in [6, 6.07) is 45.6. The molecule has 4 nitrogen and oxygen atoms in total. The molecule has 0 radical (unpaired) electrons. The molecule has 0 saturated heterocycles. The van der Waals surface area contributed by atoms with Crippen LogP contribution in [0.25, 0.3) is 66.6 Å². The molecule has 5 aromatic carbocycles. The van der Waals surface area contributed by atoms with E-state index in [2.05, 4.69) is 137 Å². The lowest BCUT2D eigenvalue weighted by atomic mass is 9.81. The van der Waals surface area contributed by atoms with Gasteiger partial charge in [-0.25, -0.2) is 4.98 Å². The summed E-state index contributed by atoms with van der Waals surface area (Å²) in [5.74, 6) is 2.13. The Hall–Kier alpha value is -5.22. The molecule has 212 valence electrons. The van der Waals surface area contributed by atoms with Gasteiger partial charge in [0.2, 0.25) is 5.95 Å². The summed E-state index contributed by atoms with van der Waals surface area (Å²) in [6.07, 6.45) is 6.40. The van der Waals surface area contributed by atoms with Crippen molar-refractivity contribution < 1.29 is 0 Å². The van der Waals surface area contributed by atoms with Crippen molar-refractivity contribution in [1.82, 2.24) is 19.1 Å². The van der Waals surface area contributed by atoms with Crippen LogP contribution in [0, 0.1) is 0 Å². The first-order valence-corrected chi connectivity index (χ1v) is 15.8. The van der Waals surface area contributed by atoms with Gasteiger partial charge in [-0.1, -0.05) is 116 Å². The molecule has 8 aromatic rings. The summed E-state index contributed by atoms with van der Waals surface area (Å²) in [4.78, 5) is 10.8. The van der Waals surface area contributed by atoms with Crippen LogP contribution in [0.1, 0.15) is 43.6 Å². The Kier molecular flexibility index (Phi) is 5.86. The van der Waals surface area contributed by atoms with Crippen molar-refractivity contribution in [2.75, 3.05) is 0 Å². The maximum atomic E-state index is 5.41. The van der Waals surface area contributed by atoms with E-state index in [0.29, 0.717) is 11.9 Å². The maximum Gasteiger partial charge on any atom is 0.237 e. The summed E-state index contributed by atoms with van der Waals surface area (Å²) >= 11 is 0. The second-order valence-electron chi connectivity index (χ2n) is 12.1. The van der Waals surface area contributed by atoms with E-state index in [9.17, 15) is 0 Å². The number of fused-ring (bicyclic) bond motifs is 6. The van der Waals surface area contributed by atoms with Gasteiger partial charge in [-0.3, -0.25) is 9.13 Å². The molecule has 0 bridgehead atoms. The predicted molar refractivity (Wildman–Crippen MR) is 182 cm³/mol. The maximum absolute atomic E-state index is 5.41. The van der Waals surface area contributed by atoms with Gasteiger partial charge in [0.25, 0.3) is 0 Å². The van der Waals surface area contributed by atoms with Crippen molar-refractivity contribution in [2.24, 2.45) is 0 Å². The molecule has 1 aliphatic rings. The van der Waals surface area contributed by atoms with Crippen LogP contribution in [0.3, 0.4) is 0 Å². The minimum atomic E-state index is 0.559. The molecule has 0 N–H and O–H groups in total. The Balaban J connectivity index is 1.38. The highest BCUT2D eigenvalue weighted by Crippen LogP contribution is 2.40. The molecule has 0 aliphatic heterocycles. The second kappa shape index (κ2) is 10.2. The third-order valence-corrected chi connectivity index (χ3v) is 9.57. The van der Waals surface area contributed by atoms with E-state index in [1.54, 1.807) is 0 Å². The van der Waals surface area contributed by atoms with Crippen LogP contribution >= 0.6 is 0 Å². The van der Waals surface area contributed by atoms with Crippen LogP contribution in [0.5, 0.6) is 0 Å². The molecule has 9 rings (SSSR count). The van der Waals surface area contributed by atoms with Crippen LogP contribution in [-0.4, -0.2) is 19.1 Å². The first kappa shape index (κ1) is 25.3. The molecule has 0 atom stereocenters. The Morgan fingerprint density at radius 2 is 0.955 bits per heavy atom. The van der Waals surface area contributed by atoms with Crippen LogP contribution < -0.4 is 0 Å². The molecule has 0 spiro atoms. The fourth-order valence-corrected chi connectivity index (χ4v) is 7.58. The molecule has 3 aromatic heterocycles. The Morgan fingerprint density at radius 3 is 1.52 bits per heavy atom. The number of rotatable bonds is 4. The fourth-order valence-electron chi connectivity index (χ4n) is 7.58. The predicted octanol–water partition coefficient (Wildman–Crippen LogP) is 10.4. The lowest BCUT2D eigenvalue weighted by molar-refractivity contribution is 0.444. The van der Waals surface area contributed by atoms with E-state index < -0.39 is 0 Å². The molecule has 4 heteroatoms. The van der Waals surface area contributed by atoms with Crippen LogP contribution in [0.4, 0.5) is 0 Å². The van der Waals surface area contributed by atoms with Crippen molar-refractivity contribution in [2.45, 2.75) is 38.0 Å². The summed E-state index contributed by atoms with van der Waals surface area (Å²) < 4.78 is 4.56. The van der Waals surface area contributed by atoms with Crippen molar-refractivity contribution in [3.8, 4) is 23.0 Å². The van der Waals surface area contributed by atoms with Crippen molar-refractivity contribution in [3.05, 3.63) is 133 Å². The minimum Gasteiger partial charge on any atom is -0.294 e. The monoisotopic (exact) mass is 568 g/mol. The van der Waals surface area contributed by atoms with E-state index in [4.69, 9.17) is 9.97 Å². The van der Waals surface area contributed by atoms with Crippen LogP contribution in [0.15, 0.2) is 127 Å². The van der Waals surface area contributed by atoms with Crippen molar-refractivity contribution in [1.29, 1.82) is 0 Å². The quantitative estimate of drug-likeness (QED) is 0.212. The highest BCUT2D eigenvalue weighted by Gasteiger charge is 2.23. The average Bonchev–Trinajstić information content (AvgIpc) is 3.62. The molecule has 0 amide bonds. The zero-order valence-electron chi connectivity index (χ0n) is 24.5. The van der Waals surface area contributed by atoms with Gasteiger partial charge < -0.3 is 0 Å². The number of nitrogens with zero attached hydrogens (tertiary/aromatic N) is 4. The lowest BCUT2D eigenvalue weighted by Crippen LogP contribution is -2.09. The summed E-state index contributed by atoms with van der Waals surface area (Å²) in [5.41, 5.74) is 8.10. The molecular formula is C40H32N4. The topological polar surface area (TPSA) is 35.6 Å². The first-order valence-electron chi connectivity index (χ1n) is 15.8. The number of benzene rings is 5. The normalized spacial score (nSPS) is 14.3. The van der Waals surface area contributed by atoms with Crippen LogP contribution in [0.2, 0.25) is 0 Å². The molecule has 1 fully saturated rings. The van der Waals surface area contributed by atoms with E-state index in [-0.39, 0.29) is 0 Å². The zero-order valence-corrected chi connectivity index (χ0v) is 24.5. The van der Waals surface area contributed by atoms with Gasteiger partial charge in [0.1, 0.15) is 5.82 Å². The smallest absolute Gasteiger partial charge is 0.237 e. The number of hydrogen-bond acceptors (Lipinski definition) is 2. The zero-order chi connectivity index (χ0) is 29.0. The molecular weight excluding hydrogens is 536 g/mol. The van der Waals surface area contributed by atoms with Gasteiger partial charge in [-0.2, -0.15) is 4.98 Å². The largest absolute Gasteiger partial charge is 0.294 e. The highest BCUT2D eigenvalue weighted by atomic mass is 15.2. The average molecular weight is 569 g/mol. The van der Waals surface area contributed by atoms with Crippen molar-refractivity contribution >= 4 is 43.6 Å². The number of hydrogen-bond donors (Lipinski definition) is 0. The van der Waals surface area contributed by atoms with E-state index >= 15 is 0 Å². The molecule has 0 unspecified atom stereocenters.